The second-order valence-electron chi connectivity index (χ2n) is 4.35. The van der Waals surface area contributed by atoms with Crippen LogP contribution < -0.4 is 5.11 Å². The number of hydrogen-bond acceptors (Lipinski definition) is 4. The number of carbonyl (C=O) groups is 1. The topological polar surface area (TPSA) is 74.3 Å². The molecule has 0 fully saturated rings. The zero-order chi connectivity index (χ0) is 13.3. The molecule has 0 aromatic carbocycles. The zero-order valence-corrected chi connectivity index (χ0v) is 11.6. The molecule has 1 unspecified atom stereocenters. The Hall–Kier alpha value is -0.580. The van der Waals surface area contributed by atoms with E-state index in [1.165, 1.54) is 6.42 Å². The lowest BCUT2D eigenvalue weighted by molar-refractivity contribution is -0.305. The Morgan fingerprint density at radius 2 is 1.59 bits per heavy atom. The summed E-state index contributed by atoms with van der Waals surface area (Å²) in [6.45, 7) is 3.68. The summed E-state index contributed by atoms with van der Waals surface area (Å²) in [7, 11) is -3.53. The normalized spacial score (nSPS) is 13.5. The van der Waals surface area contributed by atoms with Crippen LogP contribution in [0.2, 0.25) is 0 Å². The van der Waals surface area contributed by atoms with Gasteiger partial charge >= 0.3 is 0 Å². The molecule has 0 aliphatic heterocycles. The molecule has 0 rings (SSSR count). The van der Waals surface area contributed by atoms with Crippen molar-refractivity contribution < 1.29 is 18.3 Å². The SMILES string of the molecule is CCCCCCCCS(=O)(=O)C(CC)C(=O)[O-]. The summed E-state index contributed by atoms with van der Waals surface area (Å²) in [6.07, 6.45) is 5.95. The fourth-order valence-corrected chi connectivity index (χ4v) is 3.49. The van der Waals surface area contributed by atoms with Crippen molar-refractivity contribution in [2.75, 3.05) is 5.75 Å². The minimum Gasteiger partial charge on any atom is -0.549 e. The van der Waals surface area contributed by atoms with E-state index in [0.717, 1.165) is 25.7 Å². The fraction of sp³-hybridized carbons (Fsp3) is 0.917. The van der Waals surface area contributed by atoms with Crippen molar-refractivity contribution in [2.45, 2.75) is 64.0 Å². The quantitative estimate of drug-likeness (QED) is 0.557. The van der Waals surface area contributed by atoms with E-state index in [2.05, 4.69) is 6.92 Å². The number of carboxylic acids is 1. The summed E-state index contributed by atoms with van der Waals surface area (Å²) in [6, 6.07) is 0. The number of carboxylic acid groups (broad SMARTS) is 1. The van der Waals surface area contributed by atoms with Gasteiger partial charge in [0.25, 0.3) is 0 Å². The van der Waals surface area contributed by atoms with E-state index in [4.69, 9.17) is 0 Å². The smallest absolute Gasteiger partial charge is 0.158 e. The van der Waals surface area contributed by atoms with Crippen LogP contribution >= 0.6 is 0 Å². The Morgan fingerprint density at radius 3 is 2.06 bits per heavy atom. The third-order valence-electron chi connectivity index (χ3n) is 2.85. The van der Waals surface area contributed by atoms with Crippen molar-refractivity contribution in [3.05, 3.63) is 0 Å². The van der Waals surface area contributed by atoms with Crippen LogP contribution in [0, 0.1) is 0 Å². The third kappa shape index (κ3) is 6.66. The van der Waals surface area contributed by atoms with Crippen molar-refractivity contribution in [3.8, 4) is 0 Å². The summed E-state index contributed by atoms with van der Waals surface area (Å²) in [5.74, 6) is -1.51. The number of aliphatic carboxylic acids is 1. The van der Waals surface area contributed by atoms with Gasteiger partial charge in [0.15, 0.2) is 9.84 Å². The van der Waals surface area contributed by atoms with E-state index in [1.54, 1.807) is 6.92 Å². The standard InChI is InChI=1S/C12H24O4S/c1-3-5-6-7-8-9-10-17(15,16)11(4-2)12(13)14/h11H,3-10H2,1-2H3,(H,13,14)/p-1. The first-order valence-corrected chi connectivity index (χ1v) is 8.09. The lowest BCUT2D eigenvalue weighted by atomic mass is 10.1. The minimum absolute atomic E-state index is 0.0361. The second kappa shape index (κ2) is 8.50. The molecular formula is C12H23O4S-. The van der Waals surface area contributed by atoms with Gasteiger partial charge in [-0.2, -0.15) is 0 Å². The number of hydrogen-bond donors (Lipinski definition) is 0. The predicted octanol–water partition coefficient (Wildman–Crippen LogP) is 1.29. The van der Waals surface area contributed by atoms with Gasteiger partial charge in [0.05, 0.1) is 11.7 Å². The van der Waals surface area contributed by atoms with Gasteiger partial charge in [0.2, 0.25) is 0 Å². The van der Waals surface area contributed by atoms with Crippen LogP contribution in [-0.4, -0.2) is 25.4 Å². The molecule has 0 bridgehead atoms. The van der Waals surface area contributed by atoms with Gasteiger partial charge in [-0.1, -0.05) is 46.0 Å². The highest BCUT2D eigenvalue weighted by molar-refractivity contribution is 7.92. The Bertz CT molecular complexity index is 308. The summed E-state index contributed by atoms with van der Waals surface area (Å²) >= 11 is 0. The molecule has 0 saturated heterocycles. The van der Waals surface area contributed by atoms with Crippen molar-refractivity contribution in [2.24, 2.45) is 0 Å². The predicted molar refractivity (Wildman–Crippen MR) is 66.2 cm³/mol. The van der Waals surface area contributed by atoms with Crippen LogP contribution in [0.1, 0.15) is 58.8 Å². The number of sulfone groups is 1. The molecule has 0 radical (unpaired) electrons. The van der Waals surface area contributed by atoms with E-state index in [0.29, 0.717) is 6.42 Å². The van der Waals surface area contributed by atoms with Gasteiger partial charge in [-0.3, -0.25) is 0 Å². The Kier molecular flexibility index (Phi) is 8.21. The zero-order valence-electron chi connectivity index (χ0n) is 10.8. The van der Waals surface area contributed by atoms with Crippen LogP contribution in [-0.2, 0) is 14.6 Å². The highest BCUT2D eigenvalue weighted by Gasteiger charge is 2.24. The second-order valence-corrected chi connectivity index (χ2v) is 6.65. The Morgan fingerprint density at radius 1 is 1.06 bits per heavy atom. The van der Waals surface area contributed by atoms with Gasteiger partial charge in [-0.25, -0.2) is 8.42 Å². The molecule has 4 nitrogen and oxygen atoms in total. The van der Waals surface area contributed by atoms with Crippen LogP contribution in [0.5, 0.6) is 0 Å². The highest BCUT2D eigenvalue weighted by Crippen LogP contribution is 2.11. The molecule has 0 heterocycles. The Labute approximate surface area is 104 Å². The summed E-state index contributed by atoms with van der Waals surface area (Å²) in [5.41, 5.74) is 0. The van der Waals surface area contributed by atoms with Crippen LogP contribution in [0.15, 0.2) is 0 Å². The van der Waals surface area contributed by atoms with E-state index in [9.17, 15) is 18.3 Å². The average Bonchev–Trinajstić information content (AvgIpc) is 2.23. The van der Waals surface area contributed by atoms with Gasteiger partial charge in [-0.15, -0.1) is 0 Å². The van der Waals surface area contributed by atoms with Gasteiger partial charge in [0.1, 0.15) is 5.25 Å². The van der Waals surface area contributed by atoms with Crippen molar-refractivity contribution in [1.82, 2.24) is 0 Å². The van der Waals surface area contributed by atoms with E-state index >= 15 is 0 Å². The van der Waals surface area contributed by atoms with E-state index < -0.39 is 21.1 Å². The maximum absolute atomic E-state index is 11.7. The molecule has 0 aliphatic carbocycles. The maximum Gasteiger partial charge on any atom is 0.158 e. The summed E-state index contributed by atoms with van der Waals surface area (Å²) in [4.78, 5) is 10.7. The van der Waals surface area contributed by atoms with Crippen molar-refractivity contribution >= 4 is 15.8 Å². The molecule has 0 N–H and O–H groups in total. The fourth-order valence-electron chi connectivity index (χ4n) is 1.79. The molecule has 0 aromatic heterocycles. The van der Waals surface area contributed by atoms with Crippen molar-refractivity contribution in [1.29, 1.82) is 0 Å². The minimum atomic E-state index is -3.53. The number of carbonyl (C=O) groups excluding carboxylic acids is 1. The van der Waals surface area contributed by atoms with Crippen LogP contribution in [0.4, 0.5) is 0 Å². The lowest BCUT2D eigenvalue weighted by Crippen LogP contribution is -2.41. The molecule has 0 aliphatic rings. The maximum atomic E-state index is 11.7. The van der Waals surface area contributed by atoms with Crippen LogP contribution in [0.3, 0.4) is 0 Å². The molecule has 0 spiro atoms. The van der Waals surface area contributed by atoms with Gasteiger partial charge < -0.3 is 9.90 Å². The molecule has 5 heteroatoms. The van der Waals surface area contributed by atoms with Gasteiger partial charge in [0, 0.05) is 0 Å². The van der Waals surface area contributed by atoms with Crippen molar-refractivity contribution in [3.63, 3.8) is 0 Å². The first-order valence-electron chi connectivity index (χ1n) is 6.38. The Balaban J connectivity index is 3.97. The van der Waals surface area contributed by atoms with Crippen LogP contribution in [0.25, 0.3) is 0 Å². The molecule has 0 saturated carbocycles. The summed E-state index contributed by atoms with van der Waals surface area (Å²) < 4.78 is 23.3. The monoisotopic (exact) mass is 263 g/mol. The highest BCUT2D eigenvalue weighted by atomic mass is 32.2. The van der Waals surface area contributed by atoms with Gasteiger partial charge in [-0.05, 0) is 12.8 Å². The average molecular weight is 263 g/mol. The number of unbranched alkanes of at least 4 members (excludes halogenated alkanes) is 5. The van der Waals surface area contributed by atoms with E-state index in [-0.39, 0.29) is 12.2 Å². The van der Waals surface area contributed by atoms with E-state index in [1.807, 2.05) is 0 Å². The third-order valence-corrected chi connectivity index (χ3v) is 5.10. The molecular weight excluding hydrogens is 240 g/mol. The molecule has 0 aromatic rings. The molecule has 0 amide bonds. The number of rotatable bonds is 10. The molecule has 1 atom stereocenters. The molecule has 102 valence electrons. The first kappa shape index (κ1) is 16.4. The first-order chi connectivity index (χ1) is 7.95. The summed E-state index contributed by atoms with van der Waals surface area (Å²) in [5, 5.41) is 9.33. The lowest BCUT2D eigenvalue weighted by Gasteiger charge is -2.16. The largest absolute Gasteiger partial charge is 0.549 e. The molecule has 17 heavy (non-hydrogen) atoms.